The maximum Gasteiger partial charge on any atom is 0.404 e. The second-order valence-corrected chi connectivity index (χ2v) is 3.97. The van der Waals surface area contributed by atoms with Gasteiger partial charge >= 0.3 is 5.43 Å². The topological polar surface area (TPSA) is 26.3 Å². The van der Waals surface area contributed by atoms with Gasteiger partial charge in [-0.1, -0.05) is 20.3 Å². The molecule has 1 aliphatic rings. The molecule has 0 saturated heterocycles. The van der Waals surface area contributed by atoms with Crippen molar-refractivity contribution in [3.05, 3.63) is 0 Å². The molecule has 2 nitrogen and oxygen atoms in total. The van der Waals surface area contributed by atoms with Gasteiger partial charge in [-0.15, -0.1) is 0 Å². The summed E-state index contributed by atoms with van der Waals surface area (Å²) in [6.07, 6.45) is 3.38. The highest BCUT2D eigenvalue weighted by molar-refractivity contribution is 6.61. The van der Waals surface area contributed by atoms with Crippen molar-refractivity contribution in [3.8, 4) is 0 Å². The molecule has 3 atom stereocenters. The smallest absolute Gasteiger partial charge is 0.404 e. The molecule has 0 heterocycles. The van der Waals surface area contributed by atoms with Gasteiger partial charge < -0.3 is 4.74 Å². The van der Waals surface area contributed by atoms with Crippen LogP contribution in [-0.2, 0) is 4.74 Å². The summed E-state index contributed by atoms with van der Waals surface area (Å²) >= 11 is 5.16. The Morgan fingerprint density at radius 1 is 1.42 bits per heavy atom. The van der Waals surface area contributed by atoms with Crippen LogP contribution in [-0.4, -0.2) is 11.5 Å². The Hall–Kier alpha value is -0.240. The summed E-state index contributed by atoms with van der Waals surface area (Å²) in [7, 11) is 0. The summed E-state index contributed by atoms with van der Waals surface area (Å²) in [5, 5.41) is 0. The molecule has 0 amide bonds. The molecule has 3 heteroatoms. The van der Waals surface area contributed by atoms with Gasteiger partial charge in [-0.3, -0.25) is 0 Å². The number of ether oxygens (including phenoxy) is 1. The minimum Gasteiger partial charge on any atom is -0.450 e. The molecule has 0 aliphatic heterocycles. The van der Waals surface area contributed by atoms with Gasteiger partial charge in [-0.2, -0.15) is 0 Å². The maximum atomic E-state index is 10.5. The van der Waals surface area contributed by atoms with E-state index in [4.69, 9.17) is 16.3 Å². The first-order valence-corrected chi connectivity index (χ1v) is 4.85. The molecule has 1 aliphatic carbocycles. The third kappa shape index (κ3) is 2.37. The average Bonchev–Trinajstić information content (AvgIpc) is 1.98. The molecule has 70 valence electrons. The van der Waals surface area contributed by atoms with E-state index >= 15 is 0 Å². The lowest BCUT2D eigenvalue weighted by molar-refractivity contribution is 0.0362. The molecule has 0 aromatic heterocycles. The van der Waals surface area contributed by atoms with Gasteiger partial charge in [0.15, 0.2) is 0 Å². The van der Waals surface area contributed by atoms with Gasteiger partial charge in [0, 0.05) is 11.6 Å². The first-order valence-electron chi connectivity index (χ1n) is 4.47. The number of halogens is 1. The SMILES string of the molecule is CC1CCCC(OC(=O)Cl)C1C. The molecule has 12 heavy (non-hydrogen) atoms. The molecule has 1 fully saturated rings. The highest BCUT2D eigenvalue weighted by atomic mass is 35.5. The molecule has 1 saturated carbocycles. The van der Waals surface area contributed by atoms with Crippen LogP contribution in [0.4, 0.5) is 4.79 Å². The van der Waals surface area contributed by atoms with Crippen LogP contribution in [0.15, 0.2) is 0 Å². The molecule has 0 bridgehead atoms. The lowest BCUT2D eigenvalue weighted by Crippen LogP contribution is -2.31. The van der Waals surface area contributed by atoms with Crippen molar-refractivity contribution in [3.63, 3.8) is 0 Å². The Bertz CT molecular complexity index is 170. The van der Waals surface area contributed by atoms with Gasteiger partial charge in [0.05, 0.1) is 0 Å². The van der Waals surface area contributed by atoms with E-state index in [1.165, 1.54) is 6.42 Å². The molecular formula is C9H15ClO2. The summed E-state index contributed by atoms with van der Waals surface area (Å²) in [5.41, 5.74) is -0.666. The zero-order valence-electron chi connectivity index (χ0n) is 7.55. The van der Waals surface area contributed by atoms with Crippen LogP contribution in [0.2, 0.25) is 0 Å². The third-order valence-electron chi connectivity index (χ3n) is 2.88. The standard InChI is InChI=1S/C9H15ClO2/c1-6-4-3-5-8(7(6)2)12-9(10)11/h6-8H,3-5H2,1-2H3. The summed E-state index contributed by atoms with van der Waals surface area (Å²) in [4.78, 5) is 10.5. The summed E-state index contributed by atoms with van der Waals surface area (Å²) in [6, 6.07) is 0. The Morgan fingerprint density at radius 3 is 2.67 bits per heavy atom. The van der Waals surface area contributed by atoms with Crippen LogP contribution < -0.4 is 0 Å². The van der Waals surface area contributed by atoms with Gasteiger partial charge in [0.2, 0.25) is 0 Å². The fourth-order valence-corrected chi connectivity index (χ4v) is 1.93. The van der Waals surface area contributed by atoms with Crippen molar-refractivity contribution in [1.29, 1.82) is 0 Å². The van der Waals surface area contributed by atoms with Crippen molar-refractivity contribution in [2.75, 3.05) is 0 Å². The summed E-state index contributed by atoms with van der Waals surface area (Å²) in [5.74, 6) is 1.08. The normalized spacial score (nSPS) is 36.1. The van der Waals surface area contributed by atoms with E-state index in [2.05, 4.69) is 13.8 Å². The van der Waals surface area contributed by atoms with E-state index in [-0.39, 0.29) is 6.10 Å². The quantitative estimate of drug-likeness (QED) is 0.594. The van der Waals surface area contributed by atoms with E-state index < -0.39 is 5.43 Å². The number of rotatable bonds is 1. The molecule has 1 rings (SSSR count). The van der Waals surface area contributed by atoms with Crippen molar-refractivity contribution in [1.82, 2.24) is 0 Å². The van der Waals surface area contributed by atoms with Crippen molar-refractivity contribution >= 4 is 17.0 Å². The van der Waals surface area contributed by atoms with Crippen LogP contribution in [0, 0.1) is 11.8 Å². The van der Waals surface area contributed by atoms with E-state index in [1.807, 2.05) is 0 Å². The van der Waals surface area contributed by atoms with Crippen molar-refractivity contribution in [2.24, 2.45) is 11.8 Å². The molecule has 0 aromatic carbocycles. The average molecular weight is 191 g/mol. The van der Waals surface area contributed by atoms with Crippen LogP contribution in [0.25, 0.3) is 0 Å². The zero-order valence-corrected chi connectivity index (χ0v) is 8.30. The Balaban J connectivity index is 2.46. The van der Waals surface area contributed by atoms with Crippen LogP contribution >= 0.6 is 11.6 Å². The Labute approximate surface area is 78.2 Å². The molecule has 0 aromatic rings. The van der Waals surface area contributed by atoms with E-state index in [0.29, 0.717) is 11.8 Å². The zero-order chi connectivity index (χ0) is 9.14. The number of hydrogen-bond acceptors (Lipinski definition) is 2. The highest BCUT2D eigenvalue weighted by Gasteiger charge is 2.29. The number of hydrogen-bond donors (Lipinski definition) is 0. The molecular weight excluding hydrogens is 176 g/mol. The molecule has 0 radical (unpaired) electrons. The van der Waals surface area contributed by atoms with E-state index in [9.17, 15) is 4.79 Å². The first kappa shape index (κ1) is 9.85. The van der Waals surface area contributed by atoms with Crippen LogP contribution in [0.5, 0.6) is 0 Å². The van der Waals surface area contributed by atoms with E-state index in [0.717, 1.165) is 12.8 Å². The fourth-order valence-electron chi connectivity index (χ4n) is 1.82. The lowest BCUT2D eigenvalue weighted by atomic mass is 9.79. The summed E-state index contributed by atoms with van der Waals surface area (Å²) < 4.78 is 5.00. The molecule has 0 N–H and O–H groups in total. The predicted molar refractivity (Wildman–Crippen MR) is 48.3 cm³/mol. The van der Waals surface area contributed by atoms with Gasteiger partial charge in [-0.25, -0.2) is 4.79 Å². The van der Waals surface area contributed by atoms with Crippen molar-refractivity contribution in [2.45, 2.75) is 39.2 Å². The minimum absolute atomic E-state index is 0.0405. The van der Waals surface area contributed by atoms with Crippen LogP contribution in [0.3, 0.4) is 0 Å². The fraction of sp³-hybridized carbons (Fsp3) is 0.889. The van der Waals surface area contributed by atoms with Gasteiger partial charge in [0.25, 0.3) is 0 Å². The first-order chi connectivity index (χ1) is 5.61. The lowest BCUT2D eigenvalue weighted by Gasteiger charge is -2.32. The predicted octanol–water partition coefficient (Wildman–Crippen LogP) is 3.19. The van der Waals surface area contributed by atoms with E-state index in [1.54, 1.807) is 0 Å². The maximum absolute atomic E-state index is 10.5. The molecule has 0 spiro atoms. The second-order valence-electron chi connectivity index (χ2n) is 3.66. The second kappa shape index (κ2) is 4.13. The third-order valence-corrected chi connectivity index (χ3v) is 2.97. The number of carbonyl (C=O) groups excluding carboxylic acids is 1. The van der Waals surface area contributed by atoms with Crippen LogP contribution in [0.1, 0.15) is 33.1 Å². The number of carbonyl (C=O) groups is 1. The van der Waals surface area contributed by atoms with Gasteiger partial charge in [-0.05, 0) is 24.7 Å². The Kier molecular flexibility index (Phi) is 3.39. The summed E-state index contributed by atoms with van der Waals surface area (Å²) in [6.45, 7) is 4.31. The highest BCUT2D eigenvalue weighted by Crippen LogP contribution is 2.31. The van der Waals surface area contributed by atoms with Crippen molar-refractivity contribution < 1.29 is 9.53 Å². The van der Waals surface area contributed by atoms with Gasteiger partial charge in [0.1, 0.15) is 6.10 Å². The monoisotopic (exact) mass is 190 g/mol. The molecule has 3 unspecified atom stereocenters. The minimum atomic E-state index is -0.666. The largest absolute Gasteiger partial charge is 0.450 e. The Morgan fingerprint density at radius 2 is 2.08 bits per heavy atom.